The normalized spacial score (nSPS) is 17.6. The molecule has 0 unspecified atom stereocenters. The van der Waals surface area contributed by atoms with Crippen molar-refractivity contribution in [3.05, 3.63) is 65.2 Å². The zero-order chi connectivity index (χ0) is 19.0. The van der Waals surface area contributed by atoms with E-state index in [1.54, 1.807) is 29.2 Å². The van der Waals surface area contributed by atoms with Crippen LogP contribution in [0.4, 0.5) is 5.69 Å². The quantitative estimate of drug-likeness (QED) is 0.684. The molecule has 4 rings (SSSR count). The lowest BCUT2D eigenvalue weighted by molar-refractivity contribution is -0.122. The van der Waals surface area contributed by atoms with Gasteiger partial charge in [0.05, 0.1) is 10.6 Å². The molecule has 2 aromatic carbocycles. The zero-order valence-corrected chi connectivity index (χ0v) is 15.9. The van der Waals surface area contributed by atoms with E-state index in [4.69, 9.17) is 0 Å². The van der Waals surface area contributed by atoms with Crippen molar-refractivity contribution in [2.24, 2.45) is 12.0 Å². The number of amides is 1. The molecule has 136 valence electrons. The zero-order valence-electron chi connectivity index (χ0n) is 15.1. The number of fused-ring (bicyclic) bond motifs is 1. The van der Waals surface area contributed by atoms with Gasteiger partial charge < -0.3 is 9.67 Å². The predicted molar refractivity (Wildman–Crippen MR) is 111 cm³/mol. The molecule has 1 N–H and O–H groups in total. The van der Waals surface area contributed by atoms with E-state index in [0.717, 1.165) is 16.5 Å². The van der Waals surface area contributed by atoms with E-state index >= 15 is 0 Å². The van der Waals surface area contributed by atoms with Crippen LogP contribution in [0.2, 0.25) is 0 Å². The van der Waals surface area contributed by atoms with E-state index in [-0.39, 0.29) is 11.7 Å². The van der Waals surface area contributed by atoms with E-state index in [9.17, 15) is 9.90 Å². The number of amidine groups is 1. The van der Waals surface area contributed by atoms with Crippen LogP contribution in [0.25, 0.3) is 17.0 Å². The van der Waals surface area contributed by atoms with Gasteiger partial charge >= 0.3 is 0 Å². The molecule has 27 heavy (non-hydrogen) atoms. The molecule has 1 aliphatic rings. The van der Waals surface area contributed by atoms with Crippen LogP contribution in [0.5, 0.6) is 5.75 Å². The summed E-state index contributed by atoms with van der Waals surface area (Å²) in [6.45, 7) is 2.47. The average molecular weight is 377 g/mol. The summed E-state index contributed by atoms with van der Waals surface area (Å²) in [5.74, 6) is 0.107. The fourth-order valence-electron chi connectivity index (χ4n) is 3.17. The van der Waals surface area contributed by atoms with E-state index in [1.807, 2.05) is 38.4 Å². The van der Waals surface area contributed by atoms with Crippen molar-refractivity contribution in [3.63, 3.8) is 0 Å². The number of nitrogens with zero attached hydrogens (tertiary/aromatic N) is 3. The lowest BCUT2D eigenvalue weighted by Gasteiger charge is -2.11. The number of hydrogen-bond donors (Lipinski definition) is 1. The molecule has 1 aliphatic heterocycles. The van der Waals surface area contributed by atoms with E-state index < -0.39 is 0 Å². The summed E-state index contributed by atoms with van der Waals surface area (Å²) in [4.78, 5) is 19.7. The van der Waals surface area contributed by atoms with Crippen molar-refractivity contribution < 1.29 is 9.90 Å². The maximum Gasteiger partial charge on any atom is 0.266 e. The number of phenols is 1. The Labute approximate surface area is 161 Å². The maximum atomic E-state index is 12.9. The number of hydrogen-bond acceptors (Lipinski definition) is 4. The molecule has 0 saturated carbocycles. The molecule has 6 heteroatoms. The fraction of sp³-hybridized carbons (Fsp3) is 0.143. The lowest BCUT2D eigenvalue weighted by atomic mass is 10.1. The van der Waals surface area contributed by atoms with Crippen LogP contribution < -0.4 is 0 Å². The lowest BCUT2D eigenvalue weighted by Crippen LogP contribution is -2.28. The van der Waals surface area contributed by atoms with Crippen molar-refractivity contribution in [1.29, 1.82) is 0 Å². The number of carbonyl (C=O) groups excluding carboxylic acids is 1. The largest absolute Gasteiger partial charge is 0.508 e. The molecule has 5 nitrogen and oxygen atoms in total. The van der Waals surface area contributed by atoms with Gasteiger partial charge in [0.1, 0.15) is 5.75 Å². The number of aliphatic imine (C=N–C) groups is 1. The molecule has 0 radical (unpaired) electrons. The van der Waals surface area contributed by atoms with Gasteiger partial charge in [-0.2, -0.15) is 0 Å². The van der Waals surface area contributed by atoms with Gasteiger partial charge in [-0.25, -0.2) is 4.99 Å². The predicted octanol–water partition coefficient (Wildman–Crippen LogP) is 4.51. The minimum Gasteiger partial charge on any atom is -0.508 e. The molecule has 2 heterocycles. The highest BCUT2D eigenvalue weighted by Crippen LogP contribution is 2.35. The molecule has 0 spiro atoms. The van der Waals surface area contributed by atoms with Gasteiger partial charge in [-0.05, 0) is 43.0 Å². The molecule has 1 saturated heterocycles. The Morgan fingerprint density at radius 3 is 2.78 bits per heavy atom. The van der Waals surface area contributed by atoms with Crippen molar-refractivity contribution in [1.82, 2.24) is 9.47 Å². The molecular formula is C21H19N3O2S. The Hall–Kier alpha value is -2.99. The second-order valence-corrected chi connectivity index (χ2v) is 7.30. The average Bonchev–Trinajstić information content (AvgIpc) is 3.13. The van der Waals surface area contributed by atoms with Gasteiger partial charge in [-0.15, -0.1) is 0 Å². The second kappa shape index (κ2) is 6.96. The summed E-state index contributed by atoms with van der Waals surface area (Å²) >= 11 is 1.36. The van der Waals surface area contributed by atoms with Crippen LogP contribution >= 0.6 is 11.8 Å². The first-order chi connectivity index (χ1) is 13.1. The van der Waals surface area contributed by atoms with Gasteiger partial charge in [0.15, 0.2) is 5.17 Å². The number of thioether (sulfide) groups is 1. The highest BCUT2D eigenvalue weighted by Gasteiger charge is 2.32. The van der Waals surface area contributed by atoms with E-state index in [1.165, 1.54) is 11.8 Å². The Balaban J connectivity index is 1.74. The number of phenolic OH excluding ortho intramolecular Hbond substituents is 1. The van der Waals surface area contributed by atoms with Crippen molar-refractivity contribution in [3.8, 4) is 5.75 Å². The molecule has 0 aliphatic carbocycles. The Morgan fingerprint density at radius 2 is 2.00 bits per heavy atom. The number of rotatable bonds is 3. The number of carbonyl (C=O) groups is 1. The third-order valence-corrected chi connectivity index (χ3v) is 5.48. The summed E-state index contributed by atoms with van der Waals surface area (Å²) in [7, 11) is 2.00. The van der Waals surface area contributed by atoms with Crippen molar-refractivity contribution in [2.75, 3.05) is 6.54 Å². The molecule has 0 atom stereocenters. The first kappa shape index (κ1) is 17.4. The van der Waals surface area contributed by atoms with Crippen LogP contribution in [-0.2, 0) is 11.8 Å². The van der Waals surface area contributed by atoms with Crippen LogP contribution in [0.1, 0.15) is 12.5 Å². The molecule has 1 aromatic heterocycles. The summed E-state index contributed by atoms with van der Waals surface area (Å²) in [6.07, 6.45) is 3.97. The molecular weight excluding hydrogens is 358 g/mol. The Kier molecular flexibility index (Phi) is 4.49. The van der Waals surface area contributed by atoms with Crippen LogP contribution in [0.15, 0.2) is 64.6 Å². The minimum atomic E-state index is -0.0469. The standard InChI is InChI=1S/C21H19N3O2S/c1-3-24-20(26)19(27-21(24)22-15-7-6-8-16(25)12-15)11-14-13-23(2)18-10-5-4-9-17(14)18/h4-13,25H,3H2,1-2H3/b19-11-,22-21?. The number of para-hydroxylation sites is 1. The molecule has 3 aromatic rings. The van der Waals surface area contributed by atoms with Crippen molar-refractivity contribution in [2.45, 2.75) is 6.92 Å². The SMILES string of the molecule is CCN1C(=O)/C(=C/c2cn(C)c3ccccc23)SC1=Nc1cccc(O)c1. The Bertz CT molecular complexity index is 1100. The maximum absolute atomic E-state index is 12.9. The van der Waals surface area contributed by atoms with Gasteiger partial charge in [-0.3, -0.25) is 9.69 Å². The van der Waals surface area contributed by atoms with Crippen LogP contribution in [0.3, 0.4) is 0 Å². The monoisotopic (exact) mass is 377 g/mol. The number of aryl methyl sites for hydroxylation is 1. The first-order valence-electron chi connectivity index (χ1n) is 8.70. The van der Waals surface area contributed by atoms with Gasteiger partial charge in [0.2, 0.25) is 0 Å². The third-order valence-electron chi connectivity index (χ3n) is 4.47. The molecule has 1 fully saturated rings. The summed E-state index contributed by atoms with van der Waals surface area (Å²) in [5, 5.41) is 11.4. The highest BCUT2D eigenvalue weighted by atomic mass is 32.2. The van der Waals surface area contributed by atoms with Crippen LogP contribution in [-0.4, -0.2) is 32.2 Å². The van der Waals surface area contributed by atoms with Gasteiger partial charge in [0, 0.05) is 42.3 Å². The molecule has 0 bridgehead atoms. The fourth-order valence-corrected chi connectivity index (χ4v) is 4.23. The third kappa shape index (κ3) is 3.24. The number of likely N-dealkylation sites (N-methyl/N-ethyl adjacent to an activating group) is 1. The summed E-state index contributed by atoms with van der Waals surface area (Å²) < 4.78 is 2.06. The smallest absolute Gasteiger partial charge is 0.266 e. The first-order valence-corrected chi connectivity index (χ1v) is 9.51. The van der Waals surface area contributed by atoms with Crippen molar-refractivity contribution >= 4 is 45.5 Å². The second-order valence-electron chi connectivity index (χ2n) is 6.29. The Morgan fingerprint density at radius 1 is 1.19 bits per heavy atom. The van der Waals surface area contributed by atoms with E-state index in [2.05, 4.69) is 21.7 Å². The summed E-state index contributed by atoms with van der Waals surface area (Å²) in [6, 6.07) is 14.9. The highest BCUT2D eigenvalue weighted by molar-refractivity contribution is 8.18. The number of aromatic nitrogens is 1. The number of benzene rings is 2. The van der Waals surface area contributed by atoms with Gasteiger partial charge in [0.25, 0.3) is 5.91 Å². The van der Waals surface area contributed by atoms with Crippen LogP contribution in [0, 0.1) is 0 Å². The topological polar surface area (TPSA) is 57.8 Å². The number of aromatic hydroxyl groups is 1. The van der Waals surface area contributed by atoms with Gasteiger partial charge in [-0.1, -0.05) is 24.3 Å². The van der Waals surface area contributed by atoms with E-state index in [0.29, 0.717) is 22.3 Å². The summed E-state index contributed by atoms with van der Waals surface area (Å²) in [5.41, 5.74) is 2.76. The minimum absolute atomic E-state index is 0.0469. The molecule has 1 amide bonds.